The van der Waals surface area contributed by atoms with E-state index in [0.717, 1.165) is 10.6 Å². The Kier molecular flexibility index (Phi) is 4.18. The number of carbonyl (C=O) groups excluding carboxylic acids is 1. The summed E-state index contributed by atoms with van der Waals surface area (Å²) in [6.07, 6.45) is 0. The van der Waals surface area contributed by atoms with Gasteiger partial charge in [-0.25, -0.2) is 4.98 Å². The zero-order valence-electron chi connectivity index (χ0n) is 11.7. The lowest BCUT2D eigenvalue weighted by Gasteiger charge is -2.07. The number of ether oxygens (including phenoxy) is 1. The van der Waals surface area contributed by atoms with Gasteiger partial charge in [-0.2, -0.15) is 0 Å². The first-order chi connectivity index (χ1) is 9.92. The Morgan fingerprint density at radius 1 is 1.43 bits per heavy atom. The number of nitro groups is 1. The van der Waals surface area contributed by atoms with Crippen molar-refractivity contribution in [2.24, 2.45) is 0 Å². The number of amides is 1. The van der Waals surface area contributed by atoms with E-state index in [9.17, 15) is 14.9 Å². The van der Waals surface area contributed by atoms with Gasteiger partial charge >= 0.3 is 0 Å². The number of aromatic nitrogens is 1. The molecule has 0 radical (unpaired) electrons. The van der Waals surface area contributed by atoms with Gasteiger partial charge in [0.2, 0.25) is 0 Å². The van der Waals surface area contributed by atoms with Crippen LogP contribution in [0.3, 0.4) is 0 Å². The van der Waals surface area contributed by atoms with Gasteiger partial charge in [-0.1, -0.05) is 0 Å². The van der Waals surface area contributed by atoms with E-state index in [-0.39, 0.29) is 17.0 Å². The molecule has 1 heterocycles. The third kappa shape index (κ3) is 3.16. The Balaban J connectivity index is 2.33. The van der Waals surface area contributed by atoms with Crippen molar-refractivity contribution in [3.63, 3.8) is 0 Å². The monoisotopic (exact) mass is 307 g/mol. The predicted molar refractivity (Wildman–Crippen MR) is 79.2 cm³/mol. The third-order valence-corrected chi connectivity index (χ3v) is 3.88. The topological polar surface area (TPSA) is 94.4 Å². The minimum absolute atomic E-state index is 0.0946. The fraction of sp³-hybridized carbons (Fsp3) is 0.231. The molecule has 1 N–H and O–H groups in total. The van der Waals surface area contributed by atoms with Crippen LogP contribution in [0.25, 0.3) is 0 Å². The molecule has 0 atom stereocenters. The van der Waals surface area contributed by atoms with Gasteiger partial charge in [-0.15, -0.1) is 11.3 Å². The lowest BCUT2D eigenvalue weighted by Crippen LogP contribution is -2.13. The number of hydrogen-bond acceptors (Lipinski definition) is 6. The molecule has 0 saturated heterocycles. The quantitative estimate of drug-likeness (QED) is 0.692. The maximum atomic E-state index is 12.2. The largest absolute Gasteiger partial charge is 0.496 e. The molecule has 0 spiro atoms. The van der Waals surface area contributed by atoms with Crippen molar-refractivity contribution >= 4 is 28.1 Å². The first-order valence-electron chi connectivity index (χ1n) is 6.00. The van der Waals surface area contributed by atoms with Crippen molar-refractivity contribution in [3.8, 4) is 5.75 Å². The number of carbonyl (C=O) groups is 1. The normalized spacial score (nSPS) is 10.2. The Morgan fingerprint density at radius 2 is 2.14 bits per heavy atom. The summed E-state index contributed by atoms with van der Waals surface area (Å²) >= 11 is 1.34. The first-order valence-corrected chi connectivity index (χ1v) is 6.82. The summed E-state index contributed by atoms with van der Waals surface area (Å²) in [4.78, 5) is 27.7. The predicted octanol–water partition coefficient (Wildman–Crippen LogP) is 2.93. The van der Waals surface area contributed by atoms with Crippen LogP contribution in [0.2, 0.25) is 0 Å². The number of rotatable bonds is 4. The minimum atomic E-state index is -0.562. The van der Waals surface area contributed by atoms with Crippen LogP contribution in [0.4, 0.5) is 10.8 Å². The standard InChI is InChI=1S/C13H13N3O4S/c1-7-8(2)21-13(14-7)15-12(17)10-6-9(16(18)19)4-5-11(10)20-3/h4-6H,1-3H3,(H,14,15,17). The Hall–Kier alpha value is -2.48. The molecule has 7 nitrogen and oxygen atoms in total. The number of anilines is 1. The van der Waals surface area contributed by atoms with Crippen LogP contribution in [0.15, 0.2) is 18.2 Å². The molecule has 8 heteroatoms. The van der Waals surface area contributed by atoms with Crippen LogP contribution in [-0.2, 0) is 0 Å². The van der Waals surface area contributed by atoms with Crippen LogP contribution in [0.1, 0.15) is 20.9 Å². The molecule has 1 aromatic carbocycles. The molecule has 110 valence electrons. The molecule has 0 aliphatic rings. The van der Waals surface area contributed by atoms with Crippen LogP contribution < -0.4 is 10.1 Å². The molecular weight excluding hydrogens is 294 g/mol. The van der Waals surface area contributed by atoms with Gasteiger partial charge in [0.05, 0.1) is 23.3 Å². The molecule has 0 saturated carbocycles. The SMILES string of the molecule is COc1ccc([N+](=O)[O-])cc1C(=O)Nc1nc(C)c(C)s1. The second-order valence-corrected chi connectivity index (χ2v) is 5.46. The summed E-state index contributed by atoms with van der Waals surface area (Å²) in [5, 5.41) is 13.9. The highest BCUT2D eigenvalue weighted by molar-refractivity contribution is 7.15. The second kappa shape index (κ2) is 5.88. The van der Waals surface area contributed by atoms with E-state index < -0.39 is 10.8 Å². The van der Waals surface area contributed by atoms with Gasteiger partial charge in [-0.05, 0) is 19.9 Å². The molecule has 1 aromatic heterocycles. The van der Waals surface area contributed by atoms with Crippen LogP contribution in [-0.4, -0.2) is 22.9 Å². The van der Waals surface area contributed by atoms with Crippen molar-refractivity contribution in [1.82, 2.24) is 4.98 Å². The number of nitro benzene ring substituents is 1. The first kappa shape index (κ1) is 14.9. The molecule has 0 bridgehead atoms. The number of methoxy groups -OCH3 is 1. The highest BCUT2D eigenvalue weighted by atomic mass is 32.1. The van der Waals surface area contributed by atoms with E-state index in [1.807, 2.05) is 13.8 Å². The van der Waals surface area contributed by atoms with E-state index in [1.165, 1.54) is 36.6 Å². The van der Waals surface area contributed by atoms with E-state index in [0.29, 0.717) is 5.13 Å². The molecular formula is C13H13N3O4S. The van der Waals surface area contributed by atoms with E-state index in [2.05, 4.69) is 10.3 Å². The van der Waals surface area contributed by atoms with Crippen LogP contribution >= 0.6 is 11.3 Å². The number of aryl methyl sites for hydroxylation is 2. The lowest BCUT2D eigenvalue weighted by molar-refractivity contribution is -0.384. The van der Waals surface area contributed by atoms with Crippen molar-refractivity contribution in [3.05, 3.63) is 44.4 Å². The Morgan fingerprint density at radius 3 is 2.67 bits per heavy atom. The number of benzene rings is 1. The van der Waals surface area contributed by atoms with Gasteiger partial charge in [0.15, 0.2) is 5.13 Å². The second-order valence-electron chi connectivity index (χ2n) is 4.26. The highest BCUT2D eigenvalue weighted by Gasteiger charge is 2.18. The van der Waals surface area contributed by atoms with E-state index >= 15 is 0 Å². The van der Waals surface area contributed by atoms with Crippen molar-refractivity contribution < 1.29 is 14.5 Å². The molecule has 0 aliphatic heterocycles. The number of hydrogen-bond donors (Lipinski definition) is 1. The number of thiazole rings is 1. The average Bonchev–Trinajstić information content (AvgIpc) is 2.76. The molecule has 0 unspecified atom stereocenters. The maximum absolute atomic E-state index is 12.2. The maximum Gasteiger partial charge on any atom is 0.270 e. The zero-order chi connectivity index (χ0) is 15.6. The Bertz CT molecular complexity index is 692. The van der Waals surface area contributed by atoms with Crippen molar-refractivity contribution in [2.45, 2.75) is 13.8 Å². The van der Waals surface area contributed by atoms with E-state index in [4.69, 9.17) is 4.74 Å². The van der Waals surface area contributed by atoms with Crippen molar-refractivity contribution in [2.75, 3.05) is 12.4 Å². The number of nitrogens with one attached hydrogen (secondary N) is 1. The molecule has 0 aliphatic carbocycles. The fourth-order valence-electron chi connectivity index (χ4n) is 1.68. The number of nitrogens with zero attached hydrogens (tertiary/aromatic N) is 2. The Labute approximate surface area is 124 Å². The zero-order valence-corrected chi connectivity index (χ0v) is 12.5. The molecule has 2 rings (SSSR count). The third-order valence-electron chi connectivity index (χ3n) is 2.89. The summed E-state index contributed by atoms with van der Waals surface area (Å²) in [5.74, 6) is -0.229. The smallest absolute Gasteiger partial charge is 0.270 e. The summed E-state index contributed by atoms with van der Waals surface area (Å²) in [5.41, 5.74) is 0.756. The summed E-state index contributed by atoms with van der Waals surface area (Å²) in [7, 11) is 1.40. The van der Waals surface area contributed by atoms with Gasteiger partial charge in [-0.3, -0.25) is 20.2 Å². The molecule has 0 fully saturated rings. The van der Waals surface area contributed by atoms with Gasteiger partial charge in [0.25, 0.3) is 11.6 Å². The molecule has 21 heavy (non-hydrogen) atoms. The fourth-order valence-corrected chi connectivity index (χ4v) is 2.49. The van der Waals surface area contributed by atoms with Gasteiger partial charge in [0.1, 0.15) is 5.75 Å². The minimum Gasteiger partial charge on any atom is -0.496 e. The summed E-state index contributed by atoms with van der Waals surface area (Å²) < 4.78 is 5.07. The van der Waals surface area contributed by atoms with Gasteiger partial charge in [0, 0.05) is 17.0 Å². The molecule has 1 amide bonds. The highest BCUT2D eigenvalue weighted by Crippen LogP contribution is 2.26. The average molecular weight is 307 g/mol. The molecule has 2 aromatic rings. The number of non-ortho nitro benzene ring substituents is 1. The van der Waals surface area contributed by atoms with Crippen LogP contribution in [0, 0.1) is 24.0 Å². The summed E-state index contributed by atoms with van der Waals surface area (Å²) in [6, 6.07) is 3.86. The van der Waals surface area contributed by atoms with Crippen LogP contribution in [0.5, 0.6) is 5.75 Å². The van der Waals surface area contributed by atoms with Crippen molar-refractivity contribution in [1.29, 1.82) is 0 Å². The van der Waals surface area contributed by atoms with Gasteiger partial charge < -0.3 is 4.74 Å². The van der Waals surface area contributed by atoms with E-state index in [1.54, 1.807) is 0 Å². The lowest BCUT2D eigenvalue weighted by atomic mass is 10.1. The summed E-state index contributed by atoms with van der Waals surface area (Å²) in [6.45, 7) is 3.74.